The minimum absolute atomic E-state index is 0.0113. The quantitative estimate of drug-likeness (QED) is 0.310. The van der Waals surface area contributed by atoms with Crippen molar-refractivity contribution in [2.45, 2.75) is 12.1 Å². The minimum atomic E-state index is -1.13. The van der Waals surface area contributed by atoms with Gasteiger partial charge in [0, 0.05) is 11.6 Å². The van der Waals surface area contributed by atoms with Gasteiger partial charge in [-0.25, -0.2) is 9.78 Å². The number of aromatic nitrogens is 2. The van der Waals surface area contributed by atoms with Crippen molar-refractivity contribution in [1.29, 1.82) is 0 Å². The molecule has 8 heteroatoms. The number of aliphatic carboxylic acids is 1. The maximum atomic E-state index is 11.5. The summed E-state index contributed by atoms with van der Waals surface area (Å²) in [6.45, 7) is 1.63. The highest BCUT2D eigenvalue weighted by Crippen LogP contribution is 2.29. The van der Waals surface area contributed by atoms with Crippen molar-refractivity contribution in [3.8, 4) is 0 Å². The van der Waals surface area contributed by atoms with Crippen LogP contribution in [0, 0.1) is 17.0 Å². The summed E-state index contributed by atoms with van der Waals surface area (Å²) in [7, 11) is 0. The van der Waals surface area contributed by atoms with Gasteiger partial charge in [0.1, 0.15) is 4.91 Å². The Morgan fingerprint density at radius 2 is 2.08 bits per heavy atom. The van der Waals surface area contributed by atoms with Crippen LogP contribution in [-0.4, -0.2) is 26.0 Å². The normalized spacial score (nSPS) is 11.6. The Balaban J connectivity index is 1.95. The number of aryl methyl sites for hydroxylation is 1. The molecule has 2 aromatic carbocycles. The Morgan fingerprint density at radius 1 is 1.32 bits per heavy atom. The van der Waals surface area contributed by atoms with Crippen molar-refractivity contribution in [3.05, 3.63) is 68.6 Å². The van der Waals surface area contributed by atoms with E-state index >= 15 is 0 Å². The van der Waals surface area contributed by atoms with Crippen molar-refractivity contribution in [2.75, 3.05) is 0 Å². The number of nitrogens with zero attached hydrogens (tertiary/aromatic N) is 2. The van der Waals surface area contributed by atoms with E-state index in [0.29, 0.717) is 16.3 Å². The zero-order valence-electron chi connectivity index (χ0n) is 13.1. The maximum absolute atomic E-state index is 11.5. The highest BCUT2D eigenvalue weighted by atomic mass is 32.2. The molecule has 0 unspecified atom stereocenters. The largest absolute Gasteiger partial charge is 0.477 e. The van der Waals surface area contributed by atoms with Gasteiger partial charge in [-0.3, -0.25) is 10.1 Å². The van der Waals surface area contributed by atoms with E-state index < -0.39 is 10.9 Å². The maximum Gasteiger partial charge on any atom is 0.342 e. The van der Waals surface area contributed by atoms with E-state index in [1.54, 1.807) is 19.1 Å². The number of hydrogen-bond donors (Lipinski definition) is 2. The summed E-state index contributed by atoms with van der Waals surface area (Å²) in [5.74, 6) is -1.13. The van der Waals surface area contributed by atoms with Gasteiger partial charge in [0.25, 0.3) is 5.69 Å². The number of benzene rings is 2. The monoisotopic (exact) mass is 355 g/mol. The molecule has 0 bridgehead atoms. The SMILES string of the molecule is Cc1ccc(/C=C(/Sc2nc3ccccc3[nH]2)C(=O)O)cc1[N+](=O)[O-]. The number of carbonyl (C=O) groups is 1. The number of imidazole rings is 1. The molecule has 126 valence electrons. The zero-order chi connectivity index (χ0) is 18.0. The molecular formula is C17H13N3O4S. The molecule has 1 heterocycles. The molecule has 0 saturated carbocycles. The lowest BCUT2D eigenvalue weighted by Gasteiger charge is -2.02. The second kappa shape index (κ2) is 6.78. The fraction of sp³-hybridized carbons (Fsp3) is 0.0588. The molecule has 7 nitrogen and oxygen atoms in total. The molecule has 0 atom stereocenters. The number of carboxylic acids is 1. The van der Waals surface area contributed by atoms with Crippen LogP contribution in [0.2, 0.25) is 0 Å². The number of rotatable bonds is 5. The van der Waals surface area contributed by atoms with E-state index in [1.807, 2.05) is 24.3 Å². The van der Waals surface area contributed by atoms with Crippen LogP contribution in [-0.2, 0) is 4.79 Å². The van der Waals surface area contributed by atoms with Crippen LogP contribution in [0.15, 0.2) is 52.5 Å². The number of nitrogens with one attached hydrogen (secondary N) is 1. The van der Waals surface area contributed by atoms with Crippen LogP contribution >= 0.6 is 11.8 Å². The van der Waals surface area contributed by atoms with E-state index in [1.165, 1.54) is 12.1 Å². The van der Waals surface area contributed by atoms with E-state index in [-0.39, 0.29) is 10.6 Å². The molecule has 0 amide bonds. The summed E-state index contributed by atoms with van der Waals surface area (Å²) in [5, 5.41) is 20.9. The number of thioether (sulfide) groups is 1. The van der Waals surface area contributed by atoms with E-state index in [4.69, 9.17) is 0 Å². The Bertz CT molecular complexity index is 977. The number of para-hydroxylation sites is 2. The van der Waals surface area contributed by atoms with Gasteiger partial charge in [0.15, 0.2) is 5.16 Å². The second-order valence-electron chi connectivity index (χ2n) is 5.28. The average molecular weight is 355 g/mol. The predicted octanol–water partition coefficient (Wildman–Crippen LogP) is 4.00. The number of hydrogen-bond acceptors (Lipinski definition) is 5. The van der Waals surface area contributed by atoms with Crippen molar-refractivity contribution < 1.29 is 14.8 Å². The molecular weight excluding hydrogens is 342 g/mol. The minimum Gasteiger partial charge on any atom is -0.477 e. The van der Waals surface area contributed by atoms with Crippen molar-refractivity contribution >= 4 is 40.5 Å². The third-order valence-corrected chi connectivity index (χ3v) is 4.41. The van der Waals surface area contributed by atoms with Crippen molar-refractivity contribution in [1.82, 2.24) is 9.97 Å². The number of nitro benzene ring substituents is 1. The van der Waals surface area contributed by atoms with Gasteiger partial charge in [0.05, 0.1) is 16.0 Å². The van der Waals surface area contributed by atoms with Crippen molar-refractivity contribution in [3.63, 3.8) is 0 Å². The van der Waals surface area contributed by atoms with Gasteiger partial charge < -0.3 is 10.1 Å². The molecule has 0 spiro atoms. The number of H-pyrrole nitrogens is 1. The first-order chi connectivity index (χ1) is 11.9. The molecule has 3 aromatic rings. The summed E-state index contributed by atoms with van der Waals surface area (Å²) in [6.07, 6.45) is 1.40. The molecule has 0 aliphatic rings. The van der Waals surface area contributed by atoms with Gasteiger partial charge >= 0.3 is 5.97 Å². The van der Waals surface area contributed by atoms with Crippen LogP contribution in [0.1, 0.15) is 11.1 Å². The van der Waals surface area contributed by atoms with Crippen LogP contribution in [0.4, 0.5) is 5.69 Å². The summed E-state index contributed by atoms with van der Waals surface area (Å²) in [4.78, 5) is 29.5. The molecule has 1 aromatic heterocycles. The van der Waals surface area contributed by atoms with Crippen molar-refractivity contribution in [2.24, 2.45) is 0 Å². The van der Waals surface area contributed by atoms with Gasteiger partial charge in [-0.2, -0.15) is 0 Å². The number of carboxylic acid groups (broad SMARTS) is 1. The molecule has 25 heavy (non-hydrogen) atoms. The molecule has 0 fully saturated rings. The molecule has 0 aliphatic carbocycles. The summed E-state index contributed by atoms with van der Waals surface area (Å²) in [5.41, 5.74) is 2.45. The Morgan fingerprint density at radius 3 is 2.76 bits per heavy atom. The van der Waals surface area contributed by atoms with Gasteiger partial charge in [-0.15, -0.1) is 0 Å². The van der Waals surface area contributed by atoms with E-state index in [2.05, 4.69) is 9.97 Å². The first-order valence-corrected chi connectivity index (χ1v) is 8.08. The smallest absolute Gasteiger partial charge is 0.342 e. The standard InChI is InChI=1S/C17H13N3O4S/c1-10-6-7-11(8-14(10)20(23)24)9-15(16(21)22)25-17-18-12-4-2-3-5-13(12)19-17/h2-9H,1H3,(H,18,19)(H,21,22)/b15-9+. The summed E-state index contributed by atoms with van der Waals surface area (Å²) < 4.78 is 0. The lowest BCUT2D eigenvalue weighted by atomic mass is 10.1. The number of aromatic amines is 1. The fourth-order valence-corrected chi connectivity index (χ4v) is 3.08. The van der Waals surface area contributed by atoms with Crippen LogP contribution in [0.25, 0.3) is 17.1 Å². The third kappa shape index (κ3) is 3.69. The number of fused-ring (bicyclic) bond motifs is 1. The Hall–Kier alpha value is -3.13. The highest BCUT2D eigenvalue weighted by Gasteiger charge is 2.15. The first-order valence-electron chi connectivity index (χ1n) is 7.26. The summed E-state index contributed by atoms with van der Waals surface area (Å²) >= 11 is 0.961. The molecule has 0 saturated heterocycles. The van der Waals surface area contributed by atoms with Gasteiger partial charge in [-0.05, 0) is 42.5 Å². The average Bonchev–Trinajstić information content (AvgIpc) is 2.98. The van der Waals surface area contributed by atoms with Crippen LogP contribution < -0.4 is 0 Å². The number of nitro groups is 1. The van der Waals surface area contributed by atoms with Gasteiger partial charge in [0.2, 0.25) is 0 Å². The Labute approximate surface area is 146 Å². The molecule has 3 rings (SSSR count). The highest BCUT2D eigenvalue weighted by molar-refractivity contribution is 8.04. The van der Waals surface area contributed by atoms with E-state index in [0.717, 1.165) is 22.8 Å². The molecule has 0 aliphatic heterocycles. The van der Waals surface area contributed by atoms with E-state index in [9.17, 15) is 20.0 Å². The fourth-order valence-electron chi connectivity index (χ4n) is 2.28. The van der Waals surface area contributed by atoms with Crippen LogP contribution in [0.3, 0.4) is 0 Å². The van der Waals surface area contributed by atoms with Gasteiger partial charge in [-0.1, -0.05) is 24.3 Å². The Kier molecular flexibility index (Phi) is 4.53. The topological polar surface area (TPSA) is 109 Å². The molecule has 2 N–H and O–H groups in total. The first kappa shape index (κ1) is 16.7. The predicted molar refractivity (Wildman–Crippen MR) is 95.4 cm³/mol. The second-order valence-corrected chi connectivity index (χ2v) is 6.31. The lowest BCUT2D eigenvalue weighted by molar-refractivity contribution is -0.385. The molecule has 0 radical (unpaired) electrons. The zero-order valence-corrected chi connectivity index (χ0v) is 13.9. The third-order valence-electron chi connectivity index (χ3n) is 3.51. The van der Waals surface area contributed by atoms with Crippen LogP contribution in [0.5, 0.6) is 0 Å². The lowest BCUT2D eigenvalue weighted by Crippen LogP contribution is -1.98. The summed E-state index contributed by atoms with van der Waals surface area (Å²) in [6, 6.07) is 12.0.